The van der Waals surface area contributed by atoms with Crippen LogP contribution in [0, 0.1) is 15.9 Å². The van der Waals surface area contributed by atoms with Gasteiger partial charge in [0, 0.05) is 18.1 Å². The Kier molecular flexibility index (Phi) is 6.67. The molecule has 0 unspecified atom stereocenters. The number of carbonyl (C=O) groups is 1. The number of hydrogen-bond donors (Lipinski definition) is 1. The molecule has 6 nitrogen and oxygen atoms in total. The zero-order chi connectivity index (χ0) is 15.8. The standard InChI is InChI=1S/C13H15FN2O4S/c1-3-5-21-6-4-15-11-7-9(13(17)20-2)10(14)8-12(11)16(18)19/h3,7-8,15H,1,4-6H2,2H3. The maximum atomic E-state index is 13.7. The number of carbonyl (C=O) groups excluding carboxylic acids is 1. The second kappa shape index (κ2) is 8.25. The summed E-state index contributed by atoms with van der Waals surface area (Å²) in [6.07, 6.45) is 1.75. The van der Waals surface area contributed by atoms with Crippen LogP contribution in [0.3, 0.4) is 0 Å². The van der Waals surface area contributed by atoms with Crippen LogP contribution < -0.4 is 5.32 Å². The van der Waals surface area contributed by atoms with Gasteiger partial charge in [-0.2, -0.15) is 11.8 Å². The molecule has 0 atom stereocenters. The normalized spacial score (nSPS) is 10.0. The highest BCUT2D eigenvalue weighted by Crippen LogP contribution is 2.28. The summed E-state index contributed by atoms with van der Waals surface area (Å²) in [7, 11) is 1.11. The molecule has 1 rings (SSSR count). The van der Waals surface area contributed by atoms with Gasteiger partial charge in [-0.1, -0.05) is 6.08 Å². The Morgan fingerprint density at radius 1 is 1.62 bits per heavy atom. The number of nitro groups is 1. The summed E-state index contributed by atoms with van der Waals surface area (Å²) < 4.78 is 18.1. The molecule has 0 amide bonds. The van der Waals surface area contributed by atoms with E-state index in [0.29, 0.717) is 18.4 Å². The molecule has 0 saturated heterocycles. The SMILES string of the molecule is C=CCSCCNc1cc(C(=O)OC)c(F)cc1[N+](=O)[O-]. The van der Waals surface area contributed by atoms with Crippen LogP contribution in [0.1, 0.15) is 10.4 Å². The molecule has 0 heterocycles. The second-order valence-corrected chi connectivity index (χ2v) is 5.04. The number of nitrogens with one attached hydrogen (secondary N) is 1. The van der Waals surface area contributed by atoms with E-state index in [4.69, 9.17) is 0 Å². The van der Waals surface area contributed by atoms with Gasteiger partial charge in [0.1, 0.15) is 11.5 Å². The Hall–Kier alpha value is -2.09. The largest absolute Gasteiger partial charge is 0.465 e. The van der Waals surface area contributed by atoms with Crippen LogP contribution in [0.2, 0.25) is 0 Å². The van der Waals surface area contributed by atoms with Crippen LogP contribution in [0.4, 0.5) is 15.8 Å². The van der Waals surface area contributed by atoms with Gasteiger partial charge in [0.05, 0.1) is 23.7 Å². The molecule has 1 aromatic rings. The van der Waals surface area contributed by atoms with Gasteiger partial charge in [0.25, 0.3) is 5.69 Å². The highest BCUT2D eigenvalue weighted by atomic mass is 32.2. The lowest BCUT2D eigenvalue weighted by molar-refractivity contribution is -0.384. The van der Waals surface area contributed by atoms with Crippen molar-refractivity contribution < 1.29 is 18.8 Å². The van der Waals surface area contributed by atoms with E-state index in [-0.39, 0.29) is 11.3 Å². The first-order valence-corrected chi connectivity index (χ1v) is 7.15. The van der Waals surface area contributed by atoms with Gasteiger partial charge in [-0.05, 0) is 6.07 Å². The molecule has 0 aliphatic heterocycles. The van der Waals surface area contributed by atoms with E-state index >= 15 is 0 Å². The van der Waals surface area contributed by atoms with Crippen molar-refractivity contribution in [3.8, 4) is 0 Å². The van der Waals surface area contributed by atoms with Gasteiger partial charge in [0.15, 0.2) is 0 Å². The number of nitrogens with zero attached hydrogens (tertiary/aromatic N) is 1. The molecule has 1 N–H and O–H groups in total. The van der Waals surface area contributed by atoms with E-state index in [0.717, 1.165) is 18.9 Å². The van der Waals surface area contributed by atoms with Crippen molar-refractivity contribution in [1.29, 1.82) is 0 Å². The molecule has 0 aliphatic rings. The summed E-state index contributed by atoms with van der Waals surface area (Å²) in [4.78, 5) is 21.6. The second-order valence-electron chi connectivity index (χ2n) is 3.89. The van der Waals surface area contributed by atoms with Crippen LogP contribution in [0.25, 0.3) is 0 Å². The maximum Gasteiger partial charge on any atom is 0.340 e. The summed E-state index contributed by atoms with van der Waals surface area (Å²) >= 11 is 1.59. The van der Waals surface area contributed by atoms with Crippen LogP contribution in [0.15, 0.2) is 24.8 Å². The minimum absolute atomic E-state index is 0.0843. The number of rotatable bonds is 8. The van der Waals surface area contributed by atoms with E-state index in [1.54, 1.807) is 17.8 Å². The minimum Gasteiger partial charge on any atom is -0.465 e. The molecule has 8 heteroatoms. The molecule has 0 spiro atoms. The first-order valence-electron chi connectivity index (χ1n) is 6.00. The number of thioether (sulfide) groups is 1. The predicted molar refractivity (Wildman–Crippen MR) is 80.4 cm³/mol. The van der Waals surface area contributed by atoms with Crippen molar-refractivity contribution in [2.24, 2.45) is 0 Å². The molecular weight excluding hydrogens is 299 g/mol. The van der Waals surface area contributed by atoms with E-state index in [9.17, 15) is 19.3 Å². The molecule has 0 saturated carbocycles. The number of nitro benzene ring substituents is 1. The summed E-state index contributed by atoms with van der Waals surface area (Å²) in [5.74, 6) is -0.416. The number of esters is 1. The van der Waals surface area contributed by atoms with Crippen molar-refractivity contribution >= 4 is 29.1 Å². The smallest absolute Gasteiger partial charge is 0.340 e. The van der Waals surface area contributed by atoms with Gasteiger partial charge in [-0.25, -0.2) is 9.18 Å². The predicted octanol–water partition coefficient (Wildman–Crippen LogP) is 2.85. The third-order valence-corrected chi connectivity index (χ3v) is 3.45. The van der Waals surface area contributed by atoms with Crippen molar-refractivity contribution in [3.05, 3.63) is 46.3 Å². The van der Waals surface area contributed by atoms with Crippen LogP contribution in [0.5, 0.6) is 0 Å². The number of anilines is 1. The molecule has 21 heavy (non-hydrogen) atoms. The summed E-state index contributed by atoms with van der Waals surface area (Å²) in [6, 6.07) is 1.81. The minimum atomic E-state index is -0.986. The maximum absolute atomic E-state index is 13.7. The Morgan fingerprint density at radius 2 is 2.33 bits per heavy atom. The van der Waals surface area contributed by atoms with Crippen LogP contribution >= 0.6 is 11.8 Å². The third-order valence-electron chi connectivity index (χ3n) is 2.48. The highest BCUT2D eigenvalue weighted by molar-refractivity contribution is 7.99. The van der Waals surface area contributed by atoms with E-state index in [1.807, 2.05) is 0 Å². The van der Waals surface area contributed by atoms with Crippen molar-refractivity contribution in [2.75, 3.05) is 30.5 Å². The lowest BCUT2D eigenvalue weighted by atomic mass is 10.1. The van der Waals surface area contributed by atoms with Crippen molar-refractivity contribution in [1.82, 2.24) is 0 Å². The molecule has 0 aromatic heterocycles. The summed E-state index contributed by atoms with van der Waals surface area (Å²) in [5.41, 5.74) is -0.681. The summed E-state index contributed by atoms with van der Waals surface area (Å²) in [6.45, 7) is 4.02. The fraction of sp³-hybridized carbons (Fsp3) is 0.308. The quantitative estimate of drug-likeness (QED) is 0.261. The lowest BCUT2D eigenvalue weighted by Crippen LogP contribution is -2.10. The van der Waals surface area contributed by atoms with Crippen LogP contribution in [-0.2, 0) is 4.74 Å². The highest BCUT2D eigenvalue weighted by Gasteiger charge is 2.22. The first-order chi connectivity index (χ1) is 10.0. The zero-order valence-electron chi connectivity index (χ0n) is 11.4. The first kappa shape index (κ1) is 17.0. The molecule has 0 radical (unpaired) electrons. The van der Waals surface area contributed by atoms with E-state index < -0.39 is 22.4 Å². The number of ether oxygens (including phenoxy) is 1. The molecular formula is C13H15FN2O4S. The van der Waals surface area contributed by atoms with Gasteiger partial charge in [0.2, 0.25) is 0 Å². The Bertz CT molecular complexity index is 551. The monoisotopic (exact) mass is 314 g/mol. The van der Waals surface area contributed by atoms with E-state index in [2.05, 4.69) is 16.6 Å². The molecule has 1 aromatic carbocycles. The topological polar surface area (TPSA) is 81.5 Å². The Balaban J connectivity index is 2.95. The fourth-order valence-corrected chi connectivity index (χ4v) is 2.13. The number of hydrogen-bond acceptors (Lipinski definition) is 6. The van der Waals surface area contributed by atoms with Gasteiger partial charge in [-0.3, -0.25) is 10.1 Å². The molecule has 114 valence electrons. The van der Waals surface area contributed by atoms with Crippen molar-refractivity contribution in [3.63, 3.8) is 0 Å². The Labute approximate surface area is 125 Å². The molecule has 0 bridgehead atoms. The number of methoxy groups -OCH3 is 1. The van der Waals surface area contributed by atoms with Gasteiger partial charge in [-0.15, -0.1) is 6.58 Å². The fourth-order valence-electron chi connectivity index (χ4n) is 1.55. The van der Waals surface area contributed by atoms with Gasteiger partial charge >= 0.3 is 5.97 Å². The van der Waals surface area contributed by atoms with Crippen molar-refractivity contribution in [2.45, 2.75) is 0 Å². The number of benzene rings is 1. The lowest BCUT2D eigenvalue weighted by Gasteiger charge is -2.09. The molecule has 0 aliphatic carbocycles. The van der Waals surface area contributed by atoms with Crippen LogP contribution in [-0.4, -0.2) is 36.1 Å². The molecule has 0 fully saturated rings. The van der Waals surface area contributed by atoms with Gasteiger partial charge < -0.3 is 10.1 Å². The average Bonchev–Trinajstić information content (AvgIpc) is 2.47. The number of halogens is 1. The zero-order valence-corrected chi connectivity index (χ0v) is 12.2. The Morgan fingerprint density at radius 3 is 2.90 bits per heavy atom. The summed E-state index contributed by atoms with van der Waals surface area (Å²) in [5, 5.41) is 13.8. The average molecular weight is 314 g/mol. The third kappa shape index (κ3) is 4.75. The van der Waals surface area contributed by atoms with E-state index in [1.165, 1.54) is 0 Å².